The van der Waals surface area contributed by atoms with Gasteiger partial charge in [0.1, 0.15) is 6.61 Å². The molecule has 0 saturated carbocycles. The zero-order valence-corrected chi connectivity index (χ0v) is 11.0. The van der Waals surface area contributed by atoms with Crippen LogP contribution in [0.4, 0.5) is 0 Å². The maximum atomic E-state index is 11.6. The molecule has 3 nitrogen and oxygen atoms in total. The van der Waals surface area contributed by atoms with Crippen LogP contribution in [0.15, 0.2) is 30.3 Å². The van der Waals surface area contributed by atoms with Gasteiger partial charge >= 0.3 is 5.97 Å². The van der Waals surface area contributed by atoms with E-state index in [0.717, 1.165) is 19.4 Å². The van der Waals surface area contributed by atoms with E-state index in [1.165, 1.54) is 12.0 Å². The van der Waals surface area contributed by atoms with Gasteiger partial charge in [0.05, 0.1) is 0 Å². The molecule has 1 aromatic carbocycles. The zero-order chi connectivity index (χ0) is 12.8. The van der Waals surface area contributed by atoms with Gasteiger partial charge in [-0.1, -0.05) is 30.3 Å². The van der Waals surface area contributed by atoms with E-state index in [1.807, 2.05) is 30.3 Å². The van der Waals surface area contributed by atoms with Gasteiger partial charge in [-0.3, -0.25) is 4.79 Å². The summed E-state index contributed by atoms with van der Waals surface area (Å²) in [6.07, 6.45) is 3.59. The van der Waals surface area contributed by atoms with Crippen molar-refractivity contribution in [3.05, 3.63) is 35.9 Å². The van der Waals surface area contributed by atoms with Crippen LogP contribution in [0.3, 0.4) is 0 Å². The Kier molecular flexibility index (Phi) is 4.76. The zero-order valence-electron chi connectivity index (χ0n) is 11.0. The summed E-state index contributed by atoms with van der Waals surface area (Å²) in [6.45, 7) is 1.66. The van der Waals surface area contributed by atoms with Crippen LogP contribution < -0.4 is 0 Å². The molecule has 0 aromatic heterocycles. The Hall–Kier alpha value is -1.35. The summed E-state index contributed by atoms with van der Waals surface area (Å²) >= 11 is 0. The predicted molar refractivity (Wildman–Crippen MR) is 71.4 cm³/mol. The Labute approximate surface area is 109 Å². The average Bonchev–Trinajstić information content (AvgIpc) is 2.81. The standard InChI is InChI=1S/C15H21NO2/c1-16-11-5-8-14(16)12-18-15(17)10-9-13-6-3-2-4-7-13/h2-4,6-7,14H,5,8-12H2,1H3. The normalized spacial score (nSPS) is 19.9. The Morgan fingerprint density at radius 2 is 2.17 bits per heavy atom. The third-order valence-electron chi connectivity index (χ3n) is 3.57. The van der Waals surface area contributed by atoms with Crippen LogP contribution in [0, 0.1) is 0 Å². The quantitative estimate of drug-likeness (QED) is 0.747. The maximum absolute atomic E-state index is 11.6. The highest BCUT2D eigenvalue weighted by molar-refractivity contribution is 5.69. The Bertz CT molecular complexity index is 377. The monoisotopic (exact) mass is 247 g/mol. The van der Waals surface area contributed by atoms with Crippen molar-refractivity contribution in [1.29, 1.82) is 0 Å². The van der Waals surface area contributed by atoms with Crippen LogP contribution in [0.2, 0.25) is 0 Å². The van der Waals surface area contributed by atoms with Crippen molar-refractivity contribution in [2.75, 3.05) is 20.2 Å². The van der Waals surface area contributed by atoms with Crippen molar-refractivity contribution in [2.45, 2.75) is 31.7 Å². The smallest absolute Gasteiger partial charge is 0.306 e. The van der Waals surface area contributed by atoms with Gasteiger partial charge in [0, 0.05) is 12.5 Å². The molecule has 1 aliphatic heterocycles. The topological polar surface area (TPSA) is 29.5 Å². The third-order valence-corrected chi connectivity index (χ3v) is 3.57. The van der Waals surface area contributed by atoms with E-state index in [2.05, 4.69) is 11.9 Å². The first-order valence-electron chi connectivity index (χ1n) is 6.65. The number of hydrogen-bond acceptors (Lipinski definition) is 3. The predicted octanol–water partition coefficient (Wildman–Crippen LogP) is 2.26. The number of benzene rings is 1. The number of carbonyl (C=O) groups is 1. The van der Waals surface area contributed by atoms with Gasteiger partial charge < -0.3 is 9.64 Å². The van der Waals surface area contributed by atoms with Crippen molar-refractivity contribution >= 4 is 5.97 Å². The fourth-order valence-corrected chi connectivity index (χ4v) is 2.34. The lowest BCUT2D eigenvalue weighted by molar-refractivity contribution is -0.145. The number of hydrogen-bond donors (Lipinski definition) is 0. The van der Waals surface area contributed by atoms with Gasteiger partial charge in [-0.05, 0) is 38.4 Å². The Morgan fingerprint density at radius 1 is 1.39 bits per heavy atom. The first kappa shape index (κ1) is 13.1. The van der Waals surface area contributed by atoms with E-state index in [1.54, 1.807) is 0 Å². The van der Waals surface area contributed by atoms with Crippen LogP contribution in [0.25, 0.3) is 0 Å². The summed E-state index contributed by atoms with van der Waals surface area (Å²) in [6, 6.07) is 10.5. The lowest BCUT2D eigenvalue weighted by atomic mass is 10.1. The second kappa shape index (κ2) is 6.55. The highest BCUT2D eigenvalue weighted by atomic mass is 16.5. The van der Waals surface area contributed by atoms with Crippen molar-refractivity contribution in [3.63, 3.8) is 0 Å². The van der Waals surface area contributed by atoms with Crippen LogP contribution in [-0.2, 0) is 16.0 Å². The molecule has 1 aromatic rings. The average molecular weight is 247 g/mol. The van der Waals surface area contributed by atoms with E-state index in [0.29, 0.717) is 19.1 Å². The van der Waals surface area contributed by atoms with Crippen LogP contribution in [-0.4, -0.2) is 37.1 Å². The van der Waals surface area contributed by atoms with Crippen molar-refractivity contribution in [1.82, 2.24) is 4.90 Å². The molecule has 0 aliphatic carbocycles. The van der Waals surface area contributed by atoms with Crippen LogP contribution in [0.1, 0.15) is 24.8 Å². The number of nitrogens with zero attached hydrogens (tertiary/aromatic N) is 1. The molecule has 0 radical (unpaired) electrons. The lowest BCUT2D eigenvalue weighted by Gasteiger charge is -2.18. The molecule has 1 unspecified atom stereocenters. The summed E-state index contributed by atoms with van der Waals surface area (Å²) in [5.74, 6) is -0.0841. The summed E-state index contributed by atoms with van der Waals surface area (Å²) in [7, 11) is 2.09. The lowest BCUT2D eigenvalue weighted by Crippen LogP contribution is -2.30. The summed E-state index contributed by atoms with van der Waals surface area (Å²) in [4.78, 5) is 13.9. The van der Waals surface area contributed by atoms with Gasteiger partial charge in [0.25, 0.3) is 0 Å². The molecule has 1 heterocycles. The summed E-state index contributed by atoms with van der Waals surface area (Å²) in [5, 5.41) is 0. The van der Waals surface area contributed by atoms with E-state index in [9.17, 15) is 4.79 Å². The SMILES string of the molecule is CN1CCCC1COC(=O)CCc1ccccc1. The van der Waals surface area contributed by atoms with Crippen molar-refractivity contribution in [2.24, 2.45) is 0 Å². The van der Waals surface area contributed by atoms with Gasteiger partial charge in [-0.15, -0.1) is 0 Å². The molecule has 98 valence electrons. The number of aryl methyl sites for hydroxylation is 1. The van der Waals surface area contributed by atoms with E-state index < -0.39 is 0 Å². The van der Waals surface area contributed by atoms with E-state index in [-0.39, 0.29) is 5.97 Å². The molecule has 0 N–H and O–H groups in total. The maximum Gasteiger partial charge on any atom is 0.306 e. The number of likely N-dealkylation sites (tertiary alicyclic amines) is 1. The minimum atomic E-state index is -0.0841. The highest BCUT2D eigenvalue weighted by Gasteiger charge is 2.21. The number of carbonyl (C=O) groups excluding carboxylic acids is 1. The second-order valence-electron chi connectivity index (χ2n) is 4.95. The molecular weight excluding hydrogens is 226 g/mol. The first-order valence-corrected chi connectivity index (χ1v) is 6.65. The van der Waals surface area contributed by atoms with E-state index >= 15 is 0 Å². The number of ether oxygens (including phenoxy) is 1. The van der Waals surface area contributed by atoms with Crippen LogP contribution in [0.5, 0.6) is 0 Å². The molecule has 0 bridgehead atoms. The van der Waals surface area contributed by atoms with Crippen LogP contribution >= 0.6 is 0 Å². The summed E-state index contributed by atoms with van der Waals surface area (Å²) in [5.41, 5.74) is 1.19. The second-order valence-corrected chi connectivity index (χ2v) is 4.95. The van der Waals surface area contributed by atoms with Gasteiger partial charge in [-0.2, -0.15) is 0 Å². The van der Waals surface area contributed by atoms with E-state index in [4.69, 9.17) is 4.74 Å². The molecule has 1 atom stereocenters. The molecular formula is C15H21NO2. The Balaban J connectivity index is 1.66. The van der Waals surface area contributed by atoms with Gasteiger partial charge in [0.2, 0.25) is 0 Å². The molecule has 1 aliphatic rings. The summed E-state index contributed by atoms with van der Waals surface area (Å²) < 4.78 is 5.34. The van der Waals surface area contributed by atoms with Crippen molar-refractivity contribution in [3.8, 4) is 0 Å². The minimum Gasteiger partial charge on any atom is -0.464 e. The fourth-order valence-electron chi connectivity index (χ4n) is 2.34. The van der Waals surface area contributed by atoms with Crippen molar-refractivity contribution < 1.29 is 9.53 Å². The van der Waals surface area contributed by atoms with Gasteiger partial charge in [0.15, 0.2) is 0 Å². The highest BCUT2D eigenvalue weighted by Crippen LogP contribution is 2.15. The largest absolute Gasteiger partial charge is 0.464 e. The molecule has 1 saturated heterocycles. The first-order chi connectivity index (χ1) is 8.75. The minimum absolute atomic E-state index is 0.0841. The third kappa shape index (κ3) is 3.84. The number of rotatable bonds is 5. The molecule has 2 rings (SSSR count). The molecule has 18 heavy (non-hydrogen) atoms. The number of likely N-dealkylation sites (N-methyl/N-ethyl adjacent to an activating group) is 1. The molecule has 1 fully saturated rings. The molecule has 3 heteroatoms. The molecule has 0 amide bonds. The Morgan fingerprint density at radius 3 is 2.83 bits per heavy atom. The fraction of sp³-hybridized carbons (Fsp3) is 0.533. The van der Waals surface area contributed by atoms with Gasteiger partial charge in [-0.25, -0.2) is 0 Å². The molecule has 0 spiro atoms. The number of esters is 1.